The number of aryl methyl sites for hydroxylation is 1. The molecule has 0 saturated carbocycles. The Morgan fingerprint density at radius 2 is 2.09 bits per heavy atom. The molecule has 1 N–H and O–H groups in total. The number of fused-ring (bicyclic) bond motifs is 4. The molecule has 0 aliphatic heterocycles. The van der Waals surface area contributed by atoms with Crippen molar-refractivity contribution in [2.75, 3.05) is 13.7 Å². The maximum Gasteiger partial charge on any atom is 0.262 e. The summed E-state index contributed by atoms with van der Waals surface area (Å²) in [7, 11) is 1.68. The molecule has 6 heteroatoms. The molecule has 32 heavy (non-hydrogen) atoms. The van der Waals surface area contributed by atoms with Gasteiger partial charge >= 0.3 is 0 Å². The summed E-state index contributed by atoms with van der Waals surface area (Å²) in [5, 5.41) is 6.74. The van der Waals surface area contributed by atoms with E-state index < -0.39 is 0 Å². The van der Waals surface area contributed by atoms with Crippen LogP contribution in [-0.2, 0) is 19.4 Å². The van der Waals surface area contributed by atoms with Crippen LogP contribution < -0.4 is 15.6 Å². The maximum absolute atomic E-state index is 13.6. The van der Waals surface area contributed by atoms with E-state index in [1.54, 1.807) is 29.3 Å². The molecule has 2 aromatic heterocycles. The van der Waals surface area contributed by atoms with Crippen molar-refractivity contribution in [3.63, 3.8) is 0 Å². The predicted molar refractivity (Wildman–Crippen MR) is 132 cm³/mol. The van der Waals surface area contributed by atoms with Gasteiger partial charge in [0.2, 0.25) is 0 Å². The molecular weight excluding hydrogens is 418 g/mol. The third-order valence-corrected chi connectivity index (χ3v) is 7.56. The molecule has 5 rings (SSSR count). The van der Waals surface area contributed by atoms with Crippen molar-refractivity contribution in [2.45, 2.75) is 45.7 Å². The van der Waals surface area contributed by atoms with E-state index in [9.17, 15) is 4.79 Å². The first-order chi connectivity index (χ1) is 15.5. The SMILES string of the molecule is COc1ccc2ccccc2c1Cn1cnc2sc3c(c2c1=O)CC[C@@H](NCC(C)C)C3. The van der Waals surface area contributed by atoms with Crippen LogP contribution in [-0.4, -0.2) is 29.2 Å². The lowest BCUT2D eigenvalue weighted by Gasteiger charge is -2.24. The Bertz CT molecular complexity index is 1340. The molecule has 0 bridgehead atoms. The lowest BCUT2D eigenvalue weighted by molar-refractivity contribution is 0.409. The van der Waals surface area contributed by atoms with E-state index in [2.05, 4.69) is 37.4 Å². The summed E-state index contributed by atoms with van der Waals surface area (Å²) in [5.41, 5.74) is 2.27. The van der Waals surface area contributed by atoms with Crippen LogP contribution in [0.2, 0.25) is 0 Å². The molecular formula is C26H29N3O2S. The van der Waals surface area contributed by atoms with E-state index in [0.29, 0.717) is 18.5 Å². The van der Waals surface area contributed by atoms with Gasteiger partial charge in [-0.3, -0.25) is 9.36 Å². The first kappa shape index (κ1) is 21.2. The monoisotopic (exact) mass is 447 g/mol. The van der Waals surface area contributed by atoms with Crippen LogP contribution in [0.1, 0.15) is 36.3 Å². The molecule has 4 aromatic rings. The molecule has 0 amide bonds. The third kappa shape index (κ3) is 3.82. The molecule has 0 spiro atoms. The number of thiophene rings is 1. The molecule has 2 heterocycles. The van der Waals surface area contributed by atoms with Gasteiger partial charge in [0, 0.05) is 16.5 Å². The van der Waals surface area contributed by atoms with E-state index in [1.165, 1.54) is 10.4 Å². The molecule has 0 radical (unpaired) electrons. The van der Waals surface area contributed by atoms with Gasteiger partial charge in [0.1, 0.15) is 10.6 Å². The Kier molecular flexibility index (Phi) is 5.74. The first-order valence-electron chi connectivity index (χ1n) is 11.3. The van der Waals surface area contributed by atoms with E-state index in [1.807, 2.05) is 18.2 Å². The maximum atomic E-state index is 13.6. The summed E-state index contributed by atoms with van der Waals surface area (Å²) in [6, 6.07) is 12.7. The number of hydrogen-bond acceptors (Lipinski definition) is 5. The summed E-state index contributed by atoms with van der Waals surface area (Å²) in [4.78, 5) is 20.5. The minimum absolute atomic E-state index is 0.0519. The summed E-state index contributed by atoms with van der Waals surface area (Å²) >= 11 is 1.69. The van der Waals surface area contributed by atoms with E-state index in [4.69, 9.17) is 9.72 Å². The fourth-order valence-corrected chi connectivity index (χ4v) is 5.99. The van der Waals surface area contributed by atoms with Gasteiger partial charge in [0.05, 0.1) is 25.4 Å². The van der Waals surface area contributed by atoms with E-state index >= 15 is 0 Å². The average Bonchev–Trinajstić information content (AvgIpc) is 3.18. The standard InChI is InChI=1S/C26H29N3O2S/c1-16(2)13-27-18-9-10-20-23(12-18)32-25-24(20)26(30)29(15-28-25)14-21-19-7-5-4-6-17(19)8-11-22(21)31-3/h4-8,11,15-16,18,27H,9-10,12-14H2,1-3H3/t18-/m1/s1. The number of rotatable bonds is 6. The second kappa shape index (κ2) is 8.68. The molecule has 1 aliphatic rings. The van der Waals surface area contributed by atoms with Crippen molar-refractivity contribution in [2.24, 2.45) is 5.92 Å². The van der Waals surface area contributed by atoms with Gasteiger partial charge in [-0.25, -0.2) is 4.98 Å². The quantitative estimate of drug-likeness (QED) is 0.463. The zero-order chi connectivity index (χ0) is 22.2. The molecule has 0 unspecified atom stereocenters. The number of nitrogens with one attached hydrogen (secondary N) is 1. The third-order valence-electron chi connectivity index (χ3n) is 6.40. The smallest absolute Gasteiger partial charge is 0.262 e. The minimum Gasteiger partial charge on any atom is -0.496 e. The highest BCUT2D eigenvalue weighted by molar-refractivity contribution is 7.18. The lowest BCUT2D eigenvalue weighted by atomic mass is 9.93. The molecule has 1 aliphatic carbocycles. The summed E-state index contributed by atoms with van der Waals surface area (Å²) in [6.07, 6.45) is 4.68. The molecule has 5 nitrogen and oxygen atoms in total. The fraction of sp³-hybridized carbons (Fsp3) is 0.385. The second-order valence-corrected chi connectivity index (χ2v) is 10.2. The fourth-order valence-electron chi connectivity index (χ4n) is 4.73. The van der Waals surface area contributed by atoms with Gasteiger partial charge in [-0.1, -0.05) is 44.2 Å². The first-order valence-corrected chi connectivity index (χ1v) is 12.1. The van der Waals surface area contributed by atoms with Gasteiger partial charge in [0.25, 0.3) is 5.56 Å². The Morgan fingerprint density at radius 3 is 2.91 bits per heavy atom. The Hall–Kier alpha value is -2.70. The Balaban J connectivity index is 1.52. The highest BCUT2D eigenvalue weighted by Crippen LogP contribution is 2.34. The lowest BCUT2D eigenvalue weighted by Crippen LogP contribution is -2.36. The van der Waals surface area contributed by atoms with Crippen molar-refractivity contribution in [1.82, 2.24) is 14.9 Å². The molecule has 0 saturated heterocycles. The summed E-state index contributed by atoms with van der Waals surface area (Å²) in [6.45, 7) is 5.94. The summed E-state index contributed by atoms with van der Waals surface area (Å²) < 4.78 is 7.38. The largest absolute Gasteiger partial charge is 0.496 e. The van der Waals surface area contributed by atoms with Gasteiger partial charge in [-0.2, -0.15) is 0 Å². The predicted octanol–water partition coefficient (Wildman–Crippen LogP) is 4.77. The zero-order valence-corrected chi connectivity index (χ0v) is 19.7. The normalized spacial score (nSPS) is 16.1. The van der Waals surface area contributed by atoms with Crippen LogP contribution >= 0.6 is 11.3 Å². The van der Waals surface area contributed by atoms with Crippen LogP contribution in [0.25, 0.3) is 21.0 Å². The summed E-state index contributed by atoms with van der Waals surface area (Å²) in [5.74, 6) is 1.43. The van der Waals surface area contributed by atoms with E-state index in [-0.39, 0.29) is 5.56 Å². The number of aromatic nitrogens is 2. The number of benzene rings is 2. The average molecular weight is 448 g/mol. The molecule has 166 valence electrons. The van der Waals surface area contributed by atoms with E-state index in [0.717, 1.165) is 58.1 Å². The van der Waals surface area contributed by atoms with Crippen LogP contribution in [0.3, 0.4) is 0 Å². The van der Waals surface area contributed by atoms with Gasteiger partial charge in [0.15, 0.2) is 0 Å². The Labute approximate surface area is 192 Å². The number of nitrogens with zero attached hydrogens (tertiary/aromatic N) is 2. The van der Waals surface area contributed by atoms with Crippen LogP contribution in [0, 0.1) is 5.92 Å². The van der Waals surface area contributed by atoms with Crippen LogP contribution in [0.4, 0.5) is 0 Å². The number of ether oxygens (including phenoxy) is 1. The van der Waals surface area contributed by atoms with Crippen molar-refractivity contribution in [3.8, 4) is 5.75 Å². The number of hydrogen-bond donors (Lipinski definition) is 1. The van der Waals surface area contributed by atoms with Crippen LogP contribution in [0.5, 0.6) is 5.75 Å². The highest BCUT2D eigenvalue weighted by atomic mass is 32.1. The molecule has 1 atom stereocenters. The van der Waals surface area contributed by atoms with Gasteiger partial charge in [-0.05, 0) is 54.1 Å². The van der Waals surface area contributed by atoms with Gasteiger partial charge in [-0.15, -0.1) is 11.3 Å². The number of methoxy groups -OCH3 is 1. The van der Waals surface area contributed by atoms with Crippen molar-refractivity contribution < 1.29 is 4.74 Å². The second-order valence-electron chi connectivity index (χ2n) is 9.07. The Morgan fingerprint density at radius 1 is 1.25 bits per heavy atom. The van der Waals surface area contributed by atoms with Crippen molar-refractivity contribution in [3.05, 3.63) is 69.1 Å². The topological polar surface area (TPSA) is 56.2 Å². The van der Waals surface area contributed by atoms with Crippen molar-refractivity contribution >= 4 is 32.3 Å². The zero-order valence-electron chi connectivity index (χ0n) is 18.9. The molecule has 0 fully saturated rings. The van der Waals surface area contributed by atoms with Crippen LogP contribution in [0.15, 0.2) is 47.5 Å². The highest BCUT2D eigenvalue weighted by Gasteiger charge is 2.25. The molecule has 2 aromatic carbocycles. The van der Waals surface area contributed by atoms with Crippen molar-refractivity contribution in [1.29, 1.82) is 0 Å². The minimum atomic E-state index is 0.0519. The van der Waals surface area contributed by atoms with Gasteiger partial charge < -0.3 is 10.1 Å².